The number of carbonyl (C=O) groups is 2. The van der Waals surface area contributed by atoms with Gasteiger partial charge in [0.25, 0.3) is 11.8 Å². The second-order valence-corrected chi connectivity index (χ2v) is 7.48. The molecule has 0 saturated carbocycles. The maximum atomic E-state index is 13.2. The predicted octanol–water partition coefficient (Wildman–Crippen LogP) is 5.76. The molecule has 27 heavy (non-hydrogen) atoms. The summed E-state index contributed by atoms with van der Waals surface area (Å²) in [5, 5.41) is 6.31. The number of carbonyl (C=O) groups excluding carboxylic acids is 2. The van der Waals surface area contributed by atoms with Crippen LogP contribution in [0.1, 0.15) is 53.3 Å². The van der Waals surface area contributed by atoms with E-state index in [4.69, 9.17) is 0 Å². The van der Waals surface area contributed by atoms with E-state index in [0.717, 1.165) is 58.0 Å². The largest absolute Gasteiger partial charge is 0.274 e. The Morgan fingerprint density at radius 2 is 1.41 bits per heavy atom. The molecule has 134 valence electrons. The van der Waals surface area contributed by atoms with Crippen molar-refractivity contribution < 1.29 is 9.59 Å². The first kappa shape index (κ1) is 16.2. The molecule has 1 aliphatic heterocycles. The van der Waals surface area contributed by atoms with Crippen LogP contribution in [0.5, 0.6) is 0 Å². The van der Waals surface area contributed by atoms with Crippen LogP contribution in [0.3, 0.4) is 0 Å². The molecule has 0 aliphatic carbocycles. The van der Waals surface area contributed by atoms with E-state index in [1.54, 1.807) is 0 Å². The van der Waals surface area contributed by atoms with Gasteiger partial charge in [-0.15, -0.1) is 0 Å². The van der Waals surface area contributed by atoms with Crippen molar-refractivity contribution in [3.05, 3.63) is 59.7 Å². The Kier molecular flexibility index (Phi) is 3.64. The van der Waals surface area contributed by atoms with Crippen molar-refractivity contribution in [1.29, 1.82) is 0 Å². The molecule has 0 atom stereocenters. The fourth-order valence-corrected chi connectivity index (χ4v) is 4.48. The number of hydrogen-bond donors (Lipinski definition) is 0. The third-order valence-corrected chi connectivity index (χ3v) is 5.81. The summed E-state index contributed by atoms with van der Waals surface area (Å²) in [6.07, 6.45) is 4.17. The average Bonchev–Trinajstić information content (AvgIpc) is 2.70. The monoisotopic (exact) mass is 355 g/mol. The maximum Gasteiger partial charge on any atom is 0.261 e. The van der Waals surface area contributed by atoms with Gasteiger partial charge in [-0.2, -0.15) is 0 Å². The van der Waals surface area contributed by atoms with Gasteiger partial charge in [0.2, 0.25) is 0 Å². The van der Waals surface area contributed by atoms with E-state index >= 15 is 0 Å². The van der Waals surface area contributed by atoms with Gasteiger partial charge >= 0.3 is 0 Å². The fourth-order valence-electron chi connectivity index (χ4n) is 4.48. The lowest BCUT2D eigenvalue weighted by Gasteiger charge is -2.28. The van der Waals surface area contributed by atoms with E-state index in [9.17, 15) is 9.59 Å². The summed E-state index contributed by atoms with van der Waals surface area (Å²) in [4.78, 5) is 27.8. The SMILES string of the molecule is CCCCCCN1C(=O)c2ccc3ccc4cccc5cc(c2c3c45)C1=O. The van der Waals surface area contributed by atoms with Gasteiger partial charge in [-0.05, 0) is 45.5 Å². The lowest BCUT2D eigenvalue weighted by Crippen LogP contribution is -2.40. The lowest BCUT2D eigenvalue weighted by atomic mass is 9.86. The summed E-state index contributed by atoms with van der Waals surface area (Å²) in [5.41, 5.74) is 1.32. The zero-order valence-corrected chi connectivity index (χ0v) is 15.4. The van der Waals surface area contributed by atoms with Gasteiger partial charge < -0.3 is 0 Å². The molecule has 4 aromatic rings. The predicted molar refractivity (Wildman–Crippen MR) is 110 cm³/mol. The molecule has 0 radical (unpaired) electrons. The third kappa shape index (κ3) is 2.27. The highest BCUT2D eigenvalue weighted by molar-refractivity contribution is 6.34. The van der Waals surface area contributed by atoms with Gasteiger partial charge in [0, 0.05) is 23.1 Å². The maximum absolute atomic E-state index is 13.2. The van der Waals surface area contributed by atoms with Gasteiger partial charge in [0.1, 0.15) is 0 Å². The van der Waals surface area contributed by atoms with Gasteiger partial charge in [-0.25, -0.2) is 0 Å². The van der Waals surface area contributed by atoms with E-state index in [2.05, 4.69) is 31.2 Å². The molecule has 0 bridgehead atoms. The Hall–Kier alpha value is -2.94. The summed E-state index contributed by atoms with van der Waals surface area (Å²) in [6.45, 7) is 2.65. The van der Waals surface area contributed by atoms with Crippen LogP contribution in [0.25, 0.3) is 32.3 Å². The zero-order chi connectivity index (χ0) is 18.5. The van der Waals surface area contributed by atoms with E-state index in [0.29, 0.717) is 17.7 Å². The summed E-state index contributed by atoms with van der Waals surface area (Å²) in [7, 11) is 0. The van der Waals surface area contributed by atoms with Crippen molar-refractivity contribution in [2.75, 3.05) is 6.54 Å². The molecule has 3 nitrogen and oxygen atoms in total. The number of unbranched alkanes of at least 4 members (excludes halogenated alkanes) is 3. The average molecular weight is 355 g/mol. The lowest BCUT2D eigenvalue weighted by molar-refractivity contribution is 0.0608. The van der Waals surface area contributed by atoms with E-state index < -0.39 is 0 Å². The summed E-state index contributed by atoms with van der Waals surface area (Å²) in [6, 6.07) is 16.2. The van der Waals surface area contributed by atoms with Crippen molar-refractivity contribution in [3.63, 3.8) is 0 Å². The van der Waals surface area contributed by atoms with Crippen LogP contribution in [0, 0.1) is 0 Å². The topological polar surface area (TPSA) is 37.4 Å². The molecule has 2 amide bonds. The molecule has 4 aromatic carbocycles. The fraction of sp³-hybridized carbons (Fsp3) is 0.250. The Balaban J connectivity index is 1.74. The first-order chi connectivity index (χ1) is 13.2. The van der Waals surface area contributed by atoms with Crippen molar-refractivity contribution >= 4 is 44.1 Å². The second kappa shape index (κ2) is 6.05. The highest BCUT2D eigenvalue weighted by Gasteiger charge is 2.33. The van der Waals surface area contributed by atoms with Crippen molar-refractivity contribution in [1.82, 2.24) is 4.90 Å². The van der Waals surface area contributed by atoms with Crippen LogP contribution in [-0.4, -0.2) is 23.3 Å². The molecule has 0 aromatic heterocycles. The number of hydrogen-bond acceptors (Lipinski definition) is 2. The Bertz CT molecular complexity index is 1210. The van der Waals surface area contributed by atoms with Crippen LogP contribution >= 0.6 is 0 Å². The smallest absolute Gasteiger partial charge is 0.261 e. The molecule has 0 N–H and O–H groups in total. The number of imide groups is 1. The van der Waals surface area contributed by atoms with Gasteiger partial charge in [0.15, 0.2) is 0 Å². The molecular formula is C24H21NO2. The first-order valence-electron chi connectivity index (χ1n) is 9.77. The van der Waals surface area contributed by atoms with Gasteiger partial charge in [0.05, 0.1) is 0 Å². The molecule has 5 rings (SSSR count). The highest BCUT2D eigenvalue weighted by atomic mass is 16.2. The molecule has 3 heteroatoms. The summed E-state index contributed by atoms with van der Waals surface area (Å²) in [5.74, 6) is -0.301. The number of nitrogens with zero attached hydrogens (tertiary/aromatic N) is 1. The highest BCUT2D eigenvalue weighted by Crippen LogP contribution is 2.40. The zero-order valence-electron chi connectivity index (χ0n) is 15.4. The van der Waals surface area contributed by atoms with E-state index in [1.807, 2.05) is 24.3 Å². The second-order valence-electron chi connectivity index (χ2n) is 7.48. The van der Waals surface area contributed by atoms with Crippen molar-refractivity contribution in [3.8, 4) is 0 Å². The molecule has 0 spiro atoms. The third-order valence-electron chi connectivity index (χ3n) is 5.81. The molecule has 0 unspecified atom stereocenters. The molecular weight excluding hydrogens is 334 g/mol. The van der Waals surface area contributed by atoms with Crippen LogP contribution in [0.4, 0.5) is 0 Å². The van der Waals surface area contributed by atoms with E-state index in [1.165, 1.54) is 4.90 Å². The Labute approximate surface area is 157 Å². The van der Waals surface area contributed by atoms with Crippen LogP contribution in [-0.2, 0) is 0 Å². The van der Waals surface area contributed by atoms with Crippen molar-refractivity contribution in [2.24, 2.45) is 0 Å². The van der Waals surface area contributed by atoms with E-state index in [-0.39, 0.29) is 11.8 Å². The molecule has 0 saturated heterocycles. The van der Waals surface area contributed by atoms with Crippen LogP contribution in [0.2, 0.25) is 0 Å². The van der Waals surface area contributed by atoms with Gasteiger partial charge in [-0.1, -0.05) is 62.6 Å². The molecule has 0 fully saturated rings. The standard InChI is InChI=1S/C24H21NO2/c1-2-3-4-5-13-25-23(26)18-12-11-16-10-9-15-7-6-8-17-14-19(24(25)27)22(18)21(16)20(15)17/h6-12,14H,2-5,13H2,1H3. The summed E-state index contributed by atoms with van der Waals surface area (Å²) < 4.78 is 0. The minimum absolute atomic E-state index is 0.150. The first-order valence-corrected chi connectivity index (χ1v) is 9.77. The van der Waals surface area contributed by atoms with Crippen LogP contribution < -0.4 is 0 Å². The van der Waals surface area contributed by atoms with Crippen LogP contribution in [0.15, 0.2) is 48.5 Å². The Morgan fingerprint density at radius 1 is 0.704 bits per heavy atom. The number of benzene rings is 4. The van der Waals surface area contributed by atoms with Gasteiger partial charge in [-0.3, -0.25) is 14.5 Å². The Morgan fingerprint density at radius 3 is 2.22 bits per heavy atom. The number of amides is 2. The van der Waals surface area contributed by atoms with Crippen molar-refractivity contribution in [2.45, 2.75) is 32.6 Å². The summed E-state index contributed by atoms with van der Waals surface area (Å²) >= 11 is 0. The quantitative estimate of drug-likeness (QED) is 0.259. The number of rotatable bonds is 5. The minimum atomic E-state index is -0.151. The normalized spacial score (nSPS) is 14.2. The molecule has 1 heterocycles. The molecule has 1 aliphatic rings. The minimum Gasteiger partial charge on any atom is -0.274 e.